The van der Waals surface area contributed by atoms with E-state index in [1.54, 1.807) is 0 Å². The average molecular weight is 386 g/mol. The number of nitrogens with zero attached hydrogens (tertiary/aromatic N) is 2. The number of likely N-dealkylation sites (tertiary alicyclic amines) is 1. The fourth-order valence-corrected chi connectivity index (χ4v) is 3.60. The lowest BCUT2D eigenvalue weighted by atomic mass is 10.1. The Bertz CT molecular complexity index is 748. The van der Waals surface area contributed by atoms with Gasteiger partial charge in [0, 0.05) is 18.2 Å². The number of carbonyl (C=O) groups excluding carboxylic acids is 1. The number of non-ortho nitro benzene ring substituents is 1. The molecule has 0 saturated carbocycles. The molecule has 1 amide bonds. The monoisotopic (exact) mass is 386 g/mol. The van der Waals surface area contributed by atoms with Gasteiger partial charge in [0.1, 0.15) is 6.61 Å². The van der Waals surface area contributed by atoms with Gasteiger partial charge < -0.3 is 9.64 Å². The van der Waals surface area contributed by atoms with E-state index in [0.717, 1.165) is 19.1 Å². The Kier molecular flexibility index (Phi) is 6.54. The molecule has 144 valence electrons. The van der Waals surface area contributed by atoms with Crippen LogP contribution in [-0.2, 0) is 25.6 Å². The Morgan fingerprint density at radius 2 is 2.00 bits per heavy atom. The smallest absolute Gasteiger partial charge is 0.410 e. The van der Waals surface area contributed by atoms with Gasteiger partial charge >= 0.3 is 6.09 Å². The van der Waals surface area contributed by atoms with Crippen molar-refractivity contribution >= 4 is 21.9 Å². The maximum Gasteiger partial charge on any atom is 0.410 e. The van der Waals surface area contributed by atoms with Crippen LogP contribution in [0.3, 0.4) is 0 Å². The van der Waals surface area contributed by atoms with Gasteiger partial charge in [0.05, 0.1) is 23.8 Å². The first-order valence-corrected chi connectivity index (χ1v) is 10.1. The van der Waals surface area contributed by atoms with Crippen LogP contribution in [0, 0.1) is 10.1 Å². The molecule has 2 atom stereocenters. The summed E-state index contributed by atoms with van der Waals surface area (Å²) in [5, 5.41) is 10.6. The molecule has 1 aliphatic rings. The van der Waals surface area contributed by atoms with Crippen LogP contribution in [0.2, 0.25) is 0 Å². The normalized spacial score (nSPS) is 20.2. The van der Waals surface area contributed by atoms with Crippen molar-refractivity contribution in [1.82, 2.24) is 4.90 Å². The summed E-state index contributed by atoms with van der Waals surface area (Å²) in [5.41, 5.74) is 0.586. The van der Waals surface area contributed by atoms with Gasteiger partial charge in [-0.3, -0.25) is 14.3 Å². The van der Waals surface area contributed by atoms with Crippen LogP contribution in [0.25, 0.3) is 0 Å². The summed E-state index contributed by atoms with van der Waals surface area (Å²) in [5.74, 6) is 0. The average Bonchev–Trinajstić information content (AvgIpc) is 2.94. The van der Waals surface area contributed by atoms with Gasteiger partial charge in [0.25, 0.3) is 15.8 Å². The third-order valence-electron chi connectivity index (χ3n) is 4.05. The molecule has 1 heterocycles. The zero-order chi connectivity index (χ0) is 19.3. The summed E-state index contributed by atoms with van der Waals surface area (Å²) in [7, 11) is -3.60. The van der Waals surface area contributed by atoms with E-state index in [1.165, 1.54) is 29.2 Å². The second-order valence-corrected chi connectivity index (χ2v) is 7.83. The number of hydrogen-bond acceptors (Lipinski definition) is 7. The van der Waals surface area contributed by atoms with E-state index in [9.17, 15) is 23.3 Å². The van der Waals surface area contributed by atoms with Crippen LogP contribution in [0.15, 0.2) is 24.3 Å². The van der Waals surface area contributed by atoms with Crippen LogP contribution >= 0.6 is 0 Å². The predicted octanol–water partition coefficient (Wildman–Crippen LogP) is 2.45. The Morgan fingerprint density at radius 3 is 2.54 bits per heavy atom. The fraction of sp³-hybridized carbons (Fsp3) is 0.562. The van der Waals surface area contributed by atoms with Crippen molar-refractivity contribution in [1.29, 1.82) is 0 Å². The van der Waals surface area contributed by atoms with Crippen LogP contribution in [0.5, 0.6) is 0 Å². The summed E-state index contributed by atoms with van der Waals surface area (Å²) >= 11 is 0. The summed E-state index contributed by atoms with van der Waals surface area (Å²) in [6.45, 7) is 2.10. The molecule has 2 rings (SSSR count). The second-order valence-electron chi connectivity index (χ2n) is 6.23. The highest BCUT2D eigenvalue weighted by Crippen LogP contribution is 2.26. The third-order valence-corrected chi connectivity index (χ3v) is 4.67. The van der Waals surface area contributed by atoms with E-state index in [0.29, 0.717) is 12.0 Å². The molecule has 0 radical (unpaired) electrons. The maximum atomic E-state index is 12.4. The topological polar surface area (TPSA) is 116 Å². The molecule has 10 heteroatoms. The zero-order valence-corrected chi connectivity index (χ0v) is 15.5. The highest BCUT2D eigenvalue weighted by atomic mass is 32.2. The third kappa shape index (κ3) is 5.67. The minimum absolute atomic E-state index is 0.0240. The van der Waals surface area contributed by atoms with Gasteiger partial charge in [-0.1, -0.05) is 13.3 Å². The molecule has 1 fully saturated rings. The van der Waals surface area contributed by atoms with Gasteiger partial charge in [-0.05, 0) is 30.5 Å². The van der Waals surface area contributed by atoms with E-state index >= 15 is 0 Å². The fourth-order valence-electron chi connectivity index (χ4n) is 2.96. The lowest BCUT2D eigenvalue weighted by Gasteiger charge is -2.23. The standard InChI is InChI=1S/C16H22N2O7S/c1-3-4-14-9-15(25-26(2,22)23)10-17(14)16(19)24-11-12-5-7-13(8-6-12)18(20)21/h5-8,14-15H,3-4,9-11H2,1-2H3. The highest BCUT2D eigenvalue weighted by Gasteiger charge is 2.37. The largest absolute Gasteiger partial charge is 0.445 e. The zero-order valence-electron chi connectivity index (χ0n) is 14.7. The van der Waals surface area contributed by atoms with Gasteiger partial charge in [0.15, 0.2) is 0 Å². The summed E-state index contributed by atoms with van der Waals surface area (Å²) < 4.78 is 32.9. The lowest BCUT2D eigenvalue weighted by Crippen LogP contribution is -2.36. The number of amides is 1. The number of ether oxygens (including phenoxy) is 1. The molecule has 26 heavy (non-hydrogen) atoms. The summed E-state index contributed by atoms with van der Waals surface area (Å²) in [6.07, 6.45) is 1.85. The summed E-state index contributed by atoms with van der Waals surface area (Å²) in [6, 6.07) is 5.59. The van der Waals surface area contributed by atoms with Gasteiger partial charge in [-0.15, -0.1) is 0 Å². The molecule has 1 aliphatic heterocycles. The molecule has 0 aromatic heterocycles. The Balaban J connectivity index is 1.96. The second kappa shape index (κ2) is 8.45. The Labute approximate surface area is 152 Å². The molecule has 1 aromatic carbocycles. The van der Waals surface area contributed by atoms with E-state index in [-0.39, 0.29) is 24.9 Å². The molecule has 1 aromatic rings. The molecular formula is C16H22N2O7S. The van der Waals surface area contributed by atoms with E-state index < -0.39 is 27.2 Å². The van der Waals surface area contributed by atoms with Crippen molar-refractivity contribution in [2.45, 2.75) is 44.9 Å². The number of rotatable bonds is 7. The maximum absolute atomic E-state index is 12.4. The van der Waals surface area contributed by atoms with E-state index in [2.05, 4.69) is 0 Å². The summed E-state index contributed by atoms with van der Waals surface area (Å²) in [4.78, 5) is 24.0. The number of carbonyl (C=O) groups is 1. The quantitative estimate of drug-likeness (QED) is 0.401. The molecule has 2 unspecified atom stereocenters. The number of nitro groups is 1. The number of benzene rings is 1. The minimum atomic E-state index is -3.60. The first-order valence-electron chi connectivity index (χ1n) is 8.24. The first kappa shape index (κ1) is 20.1. The van der Waals surface area contributed by atoms with Crippen LogP contribution in [-0.4, -0.2) is 49.3 Å². The number of nitro benzene ring substituents is 1. The van der Waals surface area contributed by atoms with E-state index in [4.69, 9.17) is 8.92 Å². The minimum Gasteiger partial charge on any atom is -0.445 e. The van der Waals surface area contributed by atoms with Crippen molar-refractivity contribution < 1.29 is 27.1 Å². The molecule has 0 spiro atoms. The van der Waals surface area contributed by atoms with Crippen molar-refractivity contribution in [3.63, 3.8) is 0 Å². The van der Waals surface area contributed by atoms with Crippen LogP contribution < -0.4 is 0 Å². The molecule has 0 N–H and O–H groups in total. The van der Waals surface area contributed by atoms with Crippen molar-refractivity contribution in [2.24, 2.45) is 0 Å². The molecule has 9 nitrogen and oxygen atoms in total. The molecular weight excluding hydrogens is 364 g/mol. The molecule has 1 saturated heterocycles. The molecule has 0 bridgehead atoms. The van der Waals surface area contributed by atoms with Crippen molar-refractivity contribution in [3.8, 4) is 0 Å². The van der Waals surface area contributed by atoms with Gasteiger partial charge in [-0.25, -0.2) is 4.79 Å². The van der Waals surface area contributed by atoms with Gasteiger partial charge in [0.2, 0.25) is 0 Å². The Morgan fingerprint density at radius 1 is 1.35 bits per heavy atom. The first-order chi connectivity index (χ1) is 12.2. The highest BCUT2D eigenvalue weighted by molar-refractivity contribution is 7.86. The van der Waals surface area contributed by atoms with Crippen LogP contribution in [0.4, 0.5) is 10.5 Å². The van der Waals surface area contributed by atoms with Crippen molar-refractivity contribution in [2.75, 3.05) is 12.8 Å². The van der Waals surface area contributed by atoms with Crippen molar-refractivity contribution in [3.05, 3.63) is 39.9 Å². The van der Waals surface area contributed by atoms with Gasteiger partial charge in [-0.2, -0.15) is 8.42 Å². The van der Waals surface area contributed by atoms with E-state index in [1.807, 2.05) is 6.92 Å². The molecule has 0 aliphatic carbocycles. The number of hydrogen-bond donors (Lipinski definition) is 0. The lowest BCUT2D eigenvalue weighted by molar-refractivity contribution is -0.384. The predicted molar refractivity (Wildman–Crippen MR) is 93.0 cm³/mol. The SMILES string of the molecule is CCCC1CC(OS(C)(=O)=O)CN1C(=O)OCc1ccc([N+](=O)[O-])cc1. The Hall–Kier alpha value is -2.20. The van der Waals surface area contributed by atoms with Crippen LogP contribution in [0.1, 0.15) is 31.7 Å².